The minimum atomic E-state index is -0.657. The SMILES string of the molecule is Cc1cccc(C(C)C)c1NC(=O)C(=O)c1c(-c2ccc(Cl)cc2)cc2ccccn12. The summed E-state index contributed by atoms with van der Waals surface area (Å²) in [4.78, 5) is 26.5. The lowest BCUT2D eigenvalue weighted by Crippen LogP contribution is -2.25. The molecule has 0 radical (unpaired) electrons. The van der Waals surface area contributed by atoms with Crippen molar-refractivity contribution in [3.8, 4) is 11.1 Å². The van der Waals surface area contributed by atoms with Crippen LogP contribution in [0.1, 0.15) is 41.4 Å². The molecule has 1 amide bonds. The van der Waals surface area contributed by atoms with E-state index >= 15 is 0 Å². The van der Waals surface area contributed by atoms with Crippen molar-refractivity contribution in [2.45, 2.75) is 26.7 Å². The molecule has 0 aliphatic carbocycles. The number of pyridine rings is 1. The molecule has 0 saturated carbocycles. The zero-order chi connectivity index (χ0) is 22.1. The van der Waals surface area contributed by atoms with Gasteiger partial charge in [-0.05, 0) is 59.9 Å². The van der Waals surface area contributed by atoms with Crippen molar-refractivity contribution in [2.24, 2.45) is 0 Å². The van der Waals surface area contributed by atoms with Gasteiger partial charge in [0.25, 0.3) is 11.7 Å². The van der Waals surface area contributed by atoms with Crippen molar-refractivity contribution in [3.05, 3.63) is 94.8 Å². The molecule has 0 fully saturated rings. The quantitative estimate of drug-likeness (QED) is 0.289. The largest absolute Gasteiger partial charge is 0.319 e. The second-order valence-electron chi connectivity index (χ2n) is 7.89. The number of halogens is 1. The summed E-state index contributed by atoms with van der Waals surface area (Å²) in [7, 11) is 0. The van der Waals surface area contributed by atoms with E-state index in [1.54, 1.807) is 22.7 Å². The molecule has 4 rings (SSSR count). The highest BCUT2D eigenvalue weighted by Crippen LogP contribution is 2.31. The molecule has 2 heterocycles. The number of anilines is 1. The van der Waals surface area contributed by atoms with Crippen molar-refractivity contribution in [1.29, 1.82) is 0 Å². The van der Waals surface area contributed by atoms with Gasteiger partial charge in [0.15, 0.2) is 0 Å². The summed E-state index contributed by atoms with van der Waals surface area (Å²) in [6, 6.07) is 20.7. The van der Waals surface area contributed by atoms with Gasteiger partial charge >= 0.3 is 0 Å². The van der Waals surface area contributed by atoms with Gasteiger partial charge < -0.3 is 9.72 Å². The summed E-state index contributed by atoms with van der Waals surface area (Å²) in [5.41, 5.74) is 5.30. The molecule has 2 aromatic carbocycles. The molecule has 0 bridgehead atoms. The topological polar surface area (TPSA) is 50.6 Å². The second-order valence-corrected chi connectivity index (χ2v) is 8.32. The van der Waals surface area contributed by atoms with Gasteiger partial charge in [0.2, 0.25) is 0 Å². The number of nitrogens with one attached hydrogen (secondary N) is 1. The zero-order valence-electron chi connectivity index (χ0n) is 17.6. The van der Waals surface area contributed by atoms with Crippen LogP contribution in [0.2, 0.25) is 5.02 Å². The first-order chi connectivity index (χ1) is 14.9. The van der Waals surface area contributed by atoms with E-state index in [0.717, 1.165) is 22.2 Å². The third-order valence-corrected chi connectivity index (χ3v) is 5.67. The molecule has 5 heteroatoms. The van der Waals surface area contributed by atoms with Crippen LogP contribution >= 0.6 is 11.6 Å². The Kier molecular flexibility index (Phi) is 5.66. The molecule has 0 saturated heterocycles. The maximum Gasteiger partial charge on any atom is 0.298 e. The number of ketones is 1. The molecule has 31 heavy (non-hydrogen) atoms. The highest BCUT2D eigenvalue weighted by atomic mass is 35.5. The molecule has 2 aromatic heterocycles. The minimum Gasteiger partial charge on any atom is -0.319 e. The van der Waals surface area contributed by atoms with Crippen molar-refractivity contribution in [3.63, 3.8) is 0 Å². The van der Waals surface area contributed by atoms with Crippen LogP contribution in [-0.2, 0) is 4.79 Å². The normalized spacial score (nSPS) is 11.1. The Morgan fingerprint density at radius 2 is 1.71 bits per heavy atom. The molecule has 0 atom stereocenters. The van der Waals surface area contributed by atoms with Crippen molar-refractivity contribution >= 4 is 34.5 Å². The van der Waals surface area contributed by atoms with E-state index < -0.39 is 11.7 Å². The number of nitrogens with zero attached hydrogens (tertiary/aromatic N) is 1. The smallest absolute Gasteiger partial charge is 0.298 e. The molecule has 0 unspecified atom stereocenters. The number of aryl methyl sites for hydroxylation is 1. The summed E-state index contributed by atoms with van der Waals surface area (Å²) in [5, 5.41) is 3.49. The summed E-state index contributed by atoms with van der Waals surface area (Å²) in [6.45, 7) is 6.05. The van der Waals surface area contributed by atoms with Gasteiger partial charge in [-0.15, -0.1) is 0 Å². The summed E-state index contributed by atoms with van der Waals surface area (Å²) in [5.74, 6) is -1.03. The fourth-order valence-corrected chi connectivity index (χ4v) is 3.95. The predicted octanol–water partition coefficient (Wildman–Crippen LogP) is 6.51. The fourth-order valence-electron chi connectivity index (χ4n) is 3.82. The van der Waals surface area contributed by atoms with Gasteiger partial charge in [-0.2, -0.15) is 0 Å². The van der Waals surface area contributed by atoms with Crippen LogP contribution in [0.25, 0.3) is 16.6 Å². The maximum atomic E-state index is 13.4. The monoisotopic (exact) mass is 430 g/mol. The number of carbonyl (C=O) groups excluding carboxylic acids is 2. The number of rotatable bonds is 5. The van der Waals surface area contributed by atoms with Gasteiger partial charge in [-0.1, -0.05) is 61.8 Å². The lowest BCUT2D eigenvalue weighted by molar-refractivity contribution is -0.112. The number of benzene rings is 2. The molecule has 1 N–H and O–H groups in total. The Morgan fingerprint density at radius 1 is 0.968 bits per heavy atom. The maximum absolute atomic E-state index is 13.4. The minimum absolute atomic E-state index is 0.212. The molecule has 4 aromatic rings. The summed E-state index contributed by atoms with van der Waals surface area (Å²) in [6.07, 6.45) is 1.79. The van der Waals surface area contributed by atoms with Crippen molar-refractivity contribution < 1.29 is 9.59 Å². The lowest BCUT2D eigenvalue weighted by atomic mass is 9.98. The van der Waals surface area contributed by atoms with Crippen LogP contribution in [0.3, 0.4) is 0 Å². The Morgan fingerprint density at radius 3 is 2.42 bits per heavy atom. The van der Waals surface area contributed by atoms with Crippen molar-refractivity contribution in [1.82, 2.24) is 4.40 Å². The van der Waals surface area contributed by atoms with Crippen LogP contribution in [0.4, 0.5) is 5.69 Å². The average Bonchev–Trinajstić information content (AvgIpc) is 3.14. The summed E-state index contributed by atoms with van der Waals surface area (Å²) >= 11 is 6.04. The Bertz CT molecular complexity index is 1290. The number of hydrogen-bond acceptors (Lipinski definition) is 2. The molecule has 0 spiro atoms. The van der Waals surface area contributed by atoms with E-state index in [2.05, 4.69) is 19.2 Å². The first kappa shape index (κ1) is 20.9. The highest BCUT2D eigenvalue weighted by Gasteiger charge is 2.26. The van der Waals surface area contributed by atoms with Gasteiger partial charge in [0.1, 0.15) is 5.69 Å². The Hall–Kier alpha value is -3.37. The van der Waals surface area contributed by atoms with E-state index in [1.165, 1.54) is 0 Å². The molecular weight excluding hydrogens is 408 g/mol. The number of aromatic nitrogens is 1. The number of hydrogen-bond donors (Lipinski definition) is 1. The van der Waals surface area contributed by atoms with E-state index in [4.69, 9.17) is 11.6 Å². The third-order valence-electron chi connectivity index (χ3n) is 5.42. The van der Waals surface area contributed by atoms with E-state index in [9.17, 15) is 9.59 Å². The van der Waals surface area contributed by atoms with Gasteiger partial charge in [0.05, 0.1) is 0 Å². The molecule has 0 aliphatic heterocycles. The number of amides is 1. The molecule has 4 nitrogen and oxygen atoms in total. The first-order valence-electron chi connectivity index (χ1n) is 10.2. The zero-order valence-corrected chi connectivity index (χ0v) is 18.4. The summed E-state index contributed by atoms with van der Waals surface area (Å²) < 4.78 is 1.76. The predicted molar refractivity (Wildman–Crippen MR) is 126 cm³/mol. The first-order valence-corrected chi connectivity index (χ1v) is 10.6. The fraction of sp³-hybridized carbons (Fsp3) is 0.154. The van der Waals surface area contributed by atoms with Crippen LogP contribution in [-0.4, -0.2) is 16.1 Å². The average molecular weight is 431 g/mol. The van der Waals surface area contributed by atoms with Gasteiger partial charge in [0, 0.05) is 28.0 Å². The lowest BCUT2D eigenvalue weighted by Gasteiger charge is -2.16. The standard InChI is InChI=1S/C26H23ClN2O2/c1-16(2)21-9-6-7-17(3)23(21)28-26(31)25(30)24-22(18-10-12-19(27)13-11-18)15-20-8-4-5-14-29(20)24/h4-16H,1-3H3,(H,28,31). The van der Waals surface area contributed by atoms with Crippen LogP contribution in [0, 0.1) is 6.92 Å². The second kappa shape index (κ2) is 8.40. The van der Waals surface area contributed by atoms with Crippen LogP contribution in [0.15, 0.2) is 72.9 Å². The molecular formula is C26H23ClN2O2. The van der Waals surface area contributed by atoms with Crippen LogP contribution in [0.5, 0.6) is 0 Å². The Balaban J connectivity index is 1.79. The van der Waals surface area contributed by atoms with Gasteiger partial charge in [-0.3, -0.25) is 9.59 Å². The highest BCUT2D eigenvalue weighted by molar-refractivity contribution is 6.47. The van der Waals surface area contributed by atoms with Crippen molar-refractivity contribution in [2.75, 3.05) is 5.32 Å². The van der Waals surface area contributed by atoms with Gasteiger partial charge in [-0.25, -0.2) is 0 Å². The van der Waals surface area contributed by atoms with Crippen LogP contribution < -0.4 is 5.32 Å². The number of para-hydroxylation sites is 1. The third kappa shape index (κ3) is 3.99. The van der Waals surface area contributed by atoms with E-state index in [1.807, 2.05) is 61.5 Å². The number of Topliss-reactive ketones (excluding diaryl/α,β-unsaturated/α-hetero) is 1. The molecule has 156 valence electrons. The van der Waals surface area contributed by atoms with E-state index in [0.29, 0.717) is 22.0 Å². The Labute approximate surface area is 186 Å². The molecule has 0 aliphatic rings. The van der Waals surface area contributed by atoms with E-state index in [-0.39, 0.29) is 5.92 Å². The number of fused-ring (bicyclic) bond motifs is 1. The number of carbonyl (C=O) groups is 2.